The van der Waals surface area contributed by atoms with Gasteiger partial charge in [-0.25, -0.2) is 4.98 Å². The average Bonchev–Trinajstić information content (AvgIpc) is 2.40. The molecule has 0 atom stereocenters. The first-order chi connectivity index (χ1) is 8.79. The van der Waals surface area contributed by atoms with Gasteiger partial charge in [-0.3, -0.25) is 4.79 Å². The Kier molecular flexibility index (Phi) is 4.41. The molecule has 0 saturated heterocycles. The van der Waals surface area contributed by atoms with Crippen LogP contribution in [0.4, 0.5) is 0 Å². The second-order valence-corrected chi connectivity index (χ2v) is 4.07. The molecule has 18 heavy (non-hydrogen) atoms. The minimum absolute atomic E-state index is 0.0524. The van der Waals surface area contributed by atoms with Gasteiger partial charge >= 0.3 is 0 Å². The van der Waals surface area contributed by atoms with Crippen molar-refractivity contribution >= 4 is 21.7 Å². The molecule has 1 aromatic heterocycles. The zero-order valence-corrected chi connectivity index (χ0v) is 11.2. The van der Waals surface area contributed by atoms with Crippen molar-refractivity contribution in [2.75, 3.05) is 5.52 Å². The monoisotopic (exact) mass is 307 g/mol. The maximum absolute atomic E-state index is 12.0. The third kappa shape index (κ3) is 3.37. The van der Waals surface area contributed by atoms with Gasteiger partial charge in [0.25, 0.3) is 5.88 Å². The van der Waals surface area contributed by atoms with E-state index in [1.807, 2.05) is 18.2 Å². The average molecular weight is 308 g/mol. The maximum Gasteiger partial charge on any atom is 0.280 e. The van der Waals surface area contributed by atoms with Crippen molar-refractivity contribution in [3.8, 4) is 5.88 Å². The van der Waals surface area contributed by atoms with E-state index < -0.39 is 0 Å². The van der Waals surface area contributed by atoms with E-state index in [0.717, 1.165) is 0 Å². The Labute approximate surface area is 113 Å². The molecule has 0 saturated carbocycles. The number of aromatic nitrogens is 2. The molecule has 1 heterocycles. The fourth-order valence-electron chi connectivity index (χ4n) is 1.52. The topological polar surface area (TPSA) is 43.1 Å². The first-order valence-corrected chi connectivity index (χ1v) is 6.54. The van der Waals surface area contributed by atoms with Gasteiger partial charge in [-0.05, 0) is 15.9 Å². The summed E-state index contributed by atoms with van der Waals surface area (Å²) in [6.07, 6.45) is 5.04. The lowest BCUT2D eigenvalue weighted by Crippen LogP contribution is -2.37. The van der Waals surface area contributed by atoms with Crippen molar-refractivity contribution in [3.63, 3.8) is 0 Å². The van der Waals surface area contributed by atoms with Gasteiger partial charge < -0.3 is 4.74 Å². The minimum atomic E-state index is 0.0524. The van der Waals surface area contributed by atoms with Crippen molar-refractivity contribution in [2.45, 2.75) is 6.54 Å². The van der Waals surface area contributed by atoms with Crippen LogP contribution in [-0.2, 0) is 6.54 Å². The fraction of sp³-hybridized carbons (Fsp3) is 0.154. The summed E-state index contributed by atoms with van der Waals surface area (Å²) >= 11 is 3.16. The van der Waals surface area contributed by atoms with Gasteiger partial charge in [0, 0.05) is 5.56 Å². The summed E-state index contributed by atoms with van der Waals surface area (Å²) < 4.78 is 6.96. The molecule has 92 valence electrons. The lowest BCUT2D eigenvalue weighted by atomic mass is 10.1. The van der Waals surface area contributed by atoms with Crippen LogP contribution in [0.3, 0.4) is 0 Å². The highest BCUT2D eigenvalue weighted by Crippen LogP contribution is 2.03. The van der Waals surface area contributed by atoms with E-state index in [1.165, 1.54) is 0 Å². The van der Waals surface area contributed by atoms with Crippen LogP contribution in [0.1, 0.15) is 10.4 Å². The van der Waals surface area contributed by atoms with Crippen LogP contribution in [0.5, 0.6) is 5.88 Å². The number of ether oxygens (including phenoxy) is 1. The van der Waals surface area contributed by atoms with Crippen LogP contribution in [0, 0.1) is 0 Å². The number of rotatable bonds is 5. The predicted molar refractivity (Wildman–Crippen MR) is 69.6 cm³/mol. The number of benzene rings is 1. The lowest BCUT2D eigenvalue weighted by Gasteiger charge is -2.00. The highest BCUT2D eigenvalue weighted by Gasteiger charge is 2.12. The second-order valence-electron chi connectivity index (χ2n) is 3.61. The number of hydrogen-bond donors (Lipinski definition) is 0. The van der Waals surface area contributed by atoms with E-state index in [9.17, 15) is 4.79 Å². The Morgan fingerprint density at radius 2 is 2.11 bits per heavy atom. The molecule has 2 rings (SSSR count). The fourth-order valence-corrected chi connectivity index (χ4v) is 1.76. The molecular weight excluding hydrogens is 296 g/mol. The summed E-state index contributed by atoms with van der Waals surface area (Å²) in [4.78, 5) is 16.0. The largest absolute Gasteiger partial charge is 0.462 e. The summed E-state index contributed by atoms with van der Waals surface area (Å²) in [5.74, 6) is 0.534. The highest BCUT2D eigenvalue weighted by molar-refractivity contribution is 9.09. The number of carbonyl (C=O) groups excluding carboxylic acids is 1. The third-order valence-electron chi connectivity index (χ3n) is 2.36. The molecule has 0 radical (unpaired) electrons. The molecule has 0 N–H and O–H groups in total. The third-order valence-corrected chi connectivity index (χ3v) is 2.59. The van der Waals surface area contributed by atoms with E-state index in [4.69, 9.17) is 4.74 Å². The molecule has 0 amide bonds. The van der Waals surface area contributed by atoms with Crippen molar-refractivity contribution in [1.29, 1.82) is 0 Å². The molecule has 0 aliphatic carbocycles. The normalized spacial score (nSPS) is 10.1. The van der Waals surface area contributed by atoms with Gasteiger partial charge in [-0.15, -0.1) is 0 Å². The number of carbonyl (C=O) groups is 1. The van der Waals surface area contributed by atoms with E-state index in [1.54, 1.807) is 35.3 Å². The van der Waals surface area contributed by atoms with E-state index in [2.05, 4.69) is 20.9 Å². The number of halogens is 1. The number of Topliss-reactive ketones (excluding diaryl/α,β-unsaturated/α-hetero) is 1. The summed E-state index contributed by atoms with van der Waals surface area (Å²) in [7, 11) is 0. The molecule has 0 aliphatic rings. The number of alkyl halides is 1. The summed E-state index contributed by atoms with van der Waals surface area (Å²) in [5.41, 5.74) is 1.07. The van der Waals surface area contributed by atoms with Gasteiger partial charge in [0.15, 0.2) is 6.20 Å². The van der Waals surface area contributed by atoms with Crippen molar-refractivity contribution in [3.05, 3.63) is 54.5 Å². The molecule has 0 bridgehead atoms. The van der Waals surface area contributed by atoms with Crippen LogP contribution in [0.2, 0.25) is 0 Å². The molecule has 2 aromatic rings. The maximum atomic E-state index is 12.0. The van der Waals surface area contributed by atoms with Crippen LogP contribution in [-0.4, -0.2) is 16.3 Å². The molecule has 4 nitrogen and oxygen atoms in total. The van der Waals surface area contributed by atoms with E-state index >= 15 is 0 Å². The highest BCUT2D eigenvalue weighted by atomic mass is 79.9. The lowest BCUT2D eigenvalue weighted by molar-refractivity contribution is -0.684. The summed E-state index contributed by atoms with van der Waals surface area (Å²) in [5, 5.41) is 0. The van der Waals surface area contributed by atoms with Crippen LogP contribution >= 0.6 is 15.9 Å². The Morgan fingerprint density at radius 1 is 1.33 bits per heavy atom. The second kappa shape index (κ2) is 6.26. The molecular formula is C13H12BrN2O2+. The minimum Gasteiger partial charge on any atom is -0.462 e. The molecule has 0 fully saturated rings. The Balaban J connectivity index is 2.10. The Bertz CT molecular complexity index is 532. The van der Waals surface area contributed by atoms with Gasteiger partial charge in [0.1, 0.15) is 5.52 Å². The molecule has 0 aliphatic heterocycles. The van der Waals surface area contributed by atoms with Crippen molar-refractivity contribution in [2.24, 2.45) is 0 Å². The summed E-state index contributed by atoms with van der Waals surface area (Å²) in [6, 6.07) is 9.20. The molecule has 0 unspecified atom stereocenters. The SMILES string of the molecule is O=C(C[n+]1ccnc(OCBr)c1)c1ccccc1. The molecule has 5 heteroatoms. The van der Waals surface area contributed by atoms with Gasteiger partial charge in [-0.2, -0.15) is 4.57 Å². The predicted octanol–water partition coefficient (Wildman–Crippen LogP) is 1.98. The first-order valence-electron chi connectivity index (χ1n) is 5.41. The van der Waals surface area contributed by atoms with Crippen LogP contribution < -0.4 is 9.30 Å². The smallest absolute Gasteiger partial charge is 0.280 e. The van der Waals surface area contributed by atoms with Gasteiger partial charge in [-0.1, -0.05) is 30.3 Å². The summed E-state index contributed by atoms with van der Waals surface area (Å²) in [6.45, 7) is 0.269. The zero-order valence-electron chi connectivity index (χ0n) is 9.62. The molecule has 1 aromatic carbocycles. The van der Waals surface area contributed by atoms with Crippen LogP contribution in [0.15, 0.2) is 48.9 Å². The number of ketones is 1. The number of hydrogen-bond acceptors (Lipinski definition) is 3. The van der Waals surface area contributed by atoms with Crippen molar-refractivity contribution in [1.82, 2.24) is 4.98 Å². The first kappa shape index (κ1) is 12.7. The standard InChI is InChI=1S/C13H12BrN2O2/c14-10-18-13-9-16(7-6-15-13)8-12(17)11-4-2-1-3-5-11/h1-7,9H,8,10H2/q+1. The van der Waals surface area contributed by atoms with Crippen LogP contribution in [0.25, 0.3) is 0 Å². The Hall–Kier alpha value is -1.75. The van der Waals surface area contributed by atoms with Gasteiger partial charge in [0.05, 0.1) is 6.20 Å². The number of nitrogens with zero attached hydrogens (tertiary/aromatic N) is 2. The van der Waals surface area contributed by atoms with E-state index in [-0.39, 0.29) is 12.3 Å². The van der Waals surface area contributed by atoms with Crippen molar-refractivity contribution < 1.29 is 14.1 Å². The Morgan fingerprint density at radius 3 is 2.83 bits per heavy atom. The molecule has 0 spiro atoms. The van der Waals surface area contributed by atoms with Gasteiger partial charge in [0.2, 0.25) is 18.5 Å². The quantitative estimate of drug-likeness (QED) is 0.482. The van der Waals surface area contributed by atoms with E-state index in [0.29, 0.717) is 17.0 Å². The zero-order chi connectivity index (χ0) is 12.8.